The number of nitrogens with two attached hydrogens (primary N) is 1. The van der Waals surface area contributed by atoms with Gasteiger partial charge in [-0.1, -0.05) is 19.9 Å². The van der Waals surface area contributed by atoms with Gasteiger partial charge in [0.05, 0.1) is 0 Å². The summed E-state index contributed by atoms with van der Waals surface area (Å²) in [6.45, 7) is 3.94. The molecular weight excluding hydrogens is 166 g/mol. The lowest BCUT2D eigenvalue weighted by molar-refractivity contribution is 0.0998. The standard InChI is InChI=1S/C10H13NO2/c1-6(2)8-4-3-7(12)5-9(8)10(11)13/h3-6,12H,1-2H3,(H2,11,13). The van der Waals surface area contributed by atoms with Crippen molar-refractivity contribution < 1.29 is 9.90 Å². The summed E-state index contributed by atoms with van der Waals surface area (Å²) in [4.78, 5) is 11.0. The number of hydrogen-bond donors (Lipinski definition) is 2. The van der Waals surface area contributed by atoms with Crippen LogP contribution in [0, 0.1) is 0 Å². The van der Waals surface area contributed by atoms with Crippen LogP contribution in [0.4, 0.5) is 0 Å². The summed E-state index contributed by atoms with van der Waals surface area (Å²) < 4.78 is 0. The van der Waals surface area contributed by atoms with Crippen molar-refractivity contribution in [2.45, 2.75) is 19.8 Å². The molecular formula is C10H13NO2. The fraction of sp³-hybridized carbons (Fsp3) is 0.300. The fourth-order valence-electron chi connectivity index (χ4n) is 1.26. The van der Waals surface area contributed by atoms with Gasteiger partial charge in [0.2, 0.25) is 5.91 Å². The first kappa shape index (κ1) is 9.58. The average molecular weight is 179 g/mol. The van der Waals surface area contributed by atoms with E-state index in [-0.39, 0.29) is 11.7 Å². The topological polar surface area (TPSA) is 63.3 Å². The van der Waals surface area contributed by atoms with E-state index in [0.717, 1.165) is 5.56 Å². The summed E-state index contributed by atoms with van der Waals surface area (Å²) in [5.74, 6) is -0.207. The molecule has 70 valence electrons. The number of carbonyl (C=O) groups excluding carboxylic acids is 1. The lowest BCUT2D eigenvalue weighted by atomic mass is 9.97. The molecule has 0 aliphatic rings. The number of primary amides is 1. The van der Waals surface area contributed by atoms with Gasteiger partial charge in [0, 0.05) is 5.56 Å². The van der Waals surface area contributed by atoms with Crippen LogP contribution in [0.15, 0.2) is 18.2 Å². The Kier molecular flexibility index (Phi) is 2.56. The van der Waals surface area contributed by atoms with Gasteiger partial charge < -0.3 is 10.8 Å². The van der Waals surface area contributed by atoms with Crippen molar-refractivity contribution in [3.8, 4) is 5.75 Å². The molecule has 0 aromatic heterocycles. The van der Waals surface area contributed by atoms with E-state index in [0.29, 0.717) is 5.56 Å². The summed E-state index contributed by atoms with van der Waals surface area (Å²) in [6.07, 6.45) is 0. The Morgan fingerprint density at radius 1 is 1.46 bits per heavy atom. The third-order valence-electron chi connectivity index (χ3n) is 1.92. The molecule has 0 aliphatic heterocycles. The van der Waals surface area contributed by atoms with E-state index >= 15 is 0 Å². The highest BCUT2D eigenvalue weighted by atomic mass is 16.3. The highest BCUT2D eigenvalue weighted by Gasteiger charge is 2.11. The number of aromatic hydroxyl groups is 1. The maximum atomic E-state index is 11.0. The van der Waals surface area contributed by atoms with Gasteiger partial charge in [-0.3, -0.25) is 4.79 Å². The molecule has 0 spiro atoms. The summed E-state index contributed by atoms with van der Waals surface area (Å²) in [7, 11) is 0. The maximum absolute atomic E-state index is 11.0. The number of benzene rings is 1. The summed E-state index contributed by atoms with van der Waals surface area (Å²) in [5, 5.41) is 9.16. The summed E-state index contributed by atoms with van der Waals surface area (Å²) in [6, 6.07) is 4.68. The Hall–Kier alpha value is -1.51. The third-order valence-corrected chi connectivity index (χ3v) is 1.92. The fourth-order valence-corrected chi connectivity index (χ4v) is 1.26. The van der Waals surface area contributed by atoms with E-state index < -0.39 is 5.91 Å². The van der Waals surface area contributed by atoms with E-state index in [9.17, 15) is 4.79 Å². The van der Waals surface area contributed by atoms with Gasteiger partial charge in [0.25, 0.3) is 0 Å². The molecule has 0 atom stereocenters. The van der Waals surface area contributed by atoms with Crippen LogP contribution in [0.3, 0.4) is 0 Å². The first-order chi connectivity index (χ1) is 6.02. The lowest BCUT2D eigenvalue weighted by Crippen LogP contribution is -2.14. The molecule has 0 saturated carbocycles. The average Bonchev–Trinajstić information content (AvgIpc) is 2.03. The van der Waals surface area contributed by atoms with Crippen molar-refractivity contribution >= 4 is 5.91 Å². The van der Waals surface area contributed by atoms with Crippen LogP contribution < -0.4 is 5.73 Å². The van der Waals surface area contributed by atoms with E-state index in [1.54, 1.807) is 12.1 Å². The number of rotatable bonds is 2. The molecule has 1 rings (SSSR count). The quantitative estimate of drug-likeness (QED) is 0.724. The summed E-state index contributed by atoms with van der Waals surface area (Å²) in [5.41, 5.74) is 6.44. The molecule has 0 radical (unpaired) electrons. The van der Waals surface area contributed by atoms with Gasteiger partial charge >= 0.3 is 0 Å². The molecule has 3 nitrogen and oxygen atoms in total. The SMILES string of the molecule is CC(C)c1ccc(O)cc1C(N)=O. The Labute approximate surface area is 77.2 Å². The Morgan fingerprint density at radius 3 is 2.54 bits per heavy atom. The highest BCUT2D eigenvalue weighted by molar-refractivity contribution is 5.94. The van der Waals surface area contributed by atoms with Gasteiger partial charge in [-0.15, -0.1) is 0 Å². The third kappa shape index (κ3) is 1.99. The minimum absolute atomic E-state index is 0.0678. The molecule has 0 saturated heterocycles. The second kappa shape index (κ2) is 3.47. The largest absolute Gasteiger partial charge is 0.508 e. The van der Waals surface area contributed by atoms with Crippen LogP contribution in [0.1, 0.15) is 35.7 Å². The van der Waals surface area contributed by atoms with Crippen molar-refractivity contribution in [2.24, 2.45) is 5.73 Å². The molecule has 0 fully saturated rings. The van der Waals surface area contributed by atoms with E-state index in [1.807, 2.05) is 13.8 Å². The Bertz CT molecular complexity index is 332. The maximum Gasteiger partial charge on any atom is 0.249 e. The van der Waals surface area contributed by atoms with Gasteiger partial charge in [0.15, 0.2) is 0 Å². The van der Waals surface area contributed by atoms with E-state index in [1.165, 1.54) is 6.07 Å². The van der Waals surface area contributed by atoms with Crippen LogP contribution in [0.2, 0.25) is 0 Å². The zero-order valence-electron chi connectivity index (χ0n) is 7.74. The Morgan fingerprint density at radius 2 is 2.08 bits per heavy atom. The molecule has 3 N–H and O–H groups in total. The molecule has 1 aromatic carbocycles. The molecule has 3 heteroatoms. The lowest BCUT2D eigenvalue weighted by Gasteiger charge is -2.09. The van der Waals surface area contributed by atoms with Crippen molar-refractivity contribution in [1.82, 2.24) is 0 Å². The molecule has 13 heavy (non-hydrogen) atoms. The van der Waals surface area contributed by atoms with Crippen LogP contribution in [-0.2, 0) is 0 Å². The highest BCUT2D eigenvalue weighted by Crippen LogP contribution is 2.22. The van der Waals surface area contributed by atoms with E-state index in [4.69, 9.17) is 10.8 Å². The number of amides is 1. The van der Waals surface area contributed by atoms with Crippen LogP contribution in [0.5, 0.6) is 5.75 Å². The van der Waals surface area contributed by atoms with E-state index in [2.05, 4.69) is 0 Å². The van der Waals surface area contributed by atoms with Gasteiger partial charge in [-0.25, -0.2) is 0 Å². The van der Waals surface area contributed by atoms with Crippen LogP contribution in [-0.4, -0.2) is 11.0 Å². The van der Waals surface area contributed by atoms with Crippen molar-refractivity contribution in [1.29, 1.82) is 0 Å². The van der Waals surface area contributed by atoms with Gasteiger partial charge in [-0.05, 0) is 23.6 Å². The Balaban J connectivity index is 3.27. The normalized spacial score (nSPS) is 10.4. The minimum Gasteiger partial charge on any atom is -0.508 e. The first-order valence-electron chi connectivity index (χ1n) is 4.15. The van der Waals surface area contributed by atoms with Crippen LogP contribution in [0.25, 0.3) is 0 Å². The number of phenols is 1. The molecule has 0 unspecified atom stereocenters. The molecule has 0 aliphatic carbocycles. The molecule has 0 heterocycles. The molecule has 0 bridgehead atoms. The smallest absolute Gasteiger partial charge is 0.249 e. The zero-order chi connectivity index (χ0) is 10.0. The number of carbonyl (C=O) groups is 1. The number of hydrogen-bond acceptors (Lipinski definition) is 2. The van der Waals surface area contributed by atoms with Crippen molar-refractivity contribution in [2.75, 3.05) is 0 Å². The molecule has 1 amide bonds. The van der Waals surface area contributed by atoms with Gasteiger partial charge in [0.1, 0.15) is 5.75 Å². The summed E-state index contributed by atoms with van der Waals surface area (Å²) >= 11 is 0. The minimum atomic E-state index is -0.500. The van der Waals surface area contributed by atoms with Gasteiger partial charge in [-0.2, -0.15) is 0 Å². The second-order valence-electron chi connectivity index (χ2n) is 3.29. The second-order valence-corrected chi connectivity index (χ2v) is 3.29. The number of phenolic OH excluding ortho intramolecular Hbond substituents is 1. The molecule has 1 aromatic rings. The monoisotopic (exact) mass is 179 g/mol. The first-order valence-corrected chi connectivity index (χ1v) is 4.15. The predicted octanol–water partition coefficient (Wildman–Crippen LogP) is 1.61. The van der Waals surface area contributed by atoms with Crippen LogP contribution >= 0.6 is 0 Å². The zero-order valence-corrected chi connectivity index (χ0v) is 7.74. The predicted molar refractivity (Wildman–Crippen MR) is 50.7 cm³/mol. The van der Waals surface area contributed by atoms with Crippen molar-refractivity contribution in [3.63, 3.8) is 0 Å². The van der Waals surface area contributed by atoms with Crippen molar-refractivity contribution in [3.05, 3.63) is 29.3 Å².